The Morgan fingerprint density at radius 3 is 2.62 bits per heavy atom. The third kappa shape index (κ3) is 3.96. The molecule has 0 amide bonds. The van der Waals surface area contributed by atoms with E-state index in [1.807, 2.05) is 12.1 Å². The van der Waals surface area contributed by atoms with Crippen molar-refractivity contribution in [3.05, 3.63) is 56.6 Å². The lowest BCUT2D eigenvalue weighted by atomic mass is 10.1. The Hall–Kier alpha value is -2.60. The molecule has 6 nitrogen and oxygen atoms in total. The molecular weight excluding hydrogens is 354 g/mol. The molecule has 1 N–H and O–H groups in total. The molecule has 0 aliphatic carbocycles. The van der Waals surface area contributed by atoms with E-state index in [2.05, 4.69) is 9.89 Å². The minimum Gasteiger partial charge on any atom is -0.502 e. The van der Waals surface area contributed by atoms with Crippen LogP contribution in [0.1, 0.15) is 30.4 Å². The Kier molecular flexibility index (Phi) is 5.42. The number of phenolic OH excluding ortho intramolecular Hbond substituents is 1. The van der Waals surface area contributed by atoms with Gasteiger partial charge in [0.25, 0.3) is 0 Å². The summed E-state index contributed by atoms with van der Waals surface area (Å²) >= 11 is 6.41. The van der Waals surface area contributed by atoms with Crippen LogP contribution in [0, 0.1) is 17.0 Å². The number of aryl methyl sites for hydroxylation is 1. The van der Waals surface area contributed by atoms with Crippen LogP contribution >= 0.6 is 11.6 Å². The average molecular weight is 374 g/mol. The highest BCUT2D eigenvalue weighted by Gasteiger charge is 2.17. The van der Waals surface area contributed by atoms with E-state index in [1.165, 1.54) is 31.5 Å². The summed E-state index contributed by atoms with van der Waals surface area (Å²) < 4.78 is 0. The summed E-state index contributed by atoms with van der Waals surface area (Å²) in [5.41, 5.74) is 2.27. The summed E-state index contributed by atoms with van der Waals surface area (Å²) in [4.78, 5) is 17.0. The first kappa shape index (κ1) is 18.2. The molecule has 1 heterocycles. The molecule has 0 radical (unpaired) electrons. The Morgan fingerprint density at radius 2 is 1.96 bits per heavy atom. The molecule has 0 aromatic heterocycles. The minimum absolute atomic E-state index is 0.299. The first-order chi connectivity index (χ1) is 12.5. The normalized spacial score (nSPS) is 14.8. The molecule has 26 heavy (non-hydrogen) atoms. The summed E-state index contributed by atoms with van der Waals surface area (Å²) in [5.74, 6) is -0.389. The Bertz CT molecular complexity index is 861. The molecule has 0 unspecified atom stereocenters. The lowest BCUT2D eigenvalue weighted by Crippen LogP contribution is -2.29. The predicted octanol–water partition coefficient (Wildman–Crippen LogP) is 5.00. The van der Waals surface area contributed by atoms with Crippen molar-refractivity contribution in [1.82, 2.24) is 0 Å². The van der Waals surface area contributed by atoms with E-state index in [1.54, 1.807) is 19.1 Å². The molecule has 0 spiro atoms. The van der Waals surface area contributed by atoms with Crippen LogP contribution in [0.5, 0.6) is 5.75 Å². The van der Waals surface area contributed by atoms with Crippen molar-refractivity contribution in [2.75, 3.05) is 18.0 Å². The molecule has 0 saturated carbocycles. The summed E-state index contributed by atoms with van der Waals surface area (Å²) in [7, 11) is 0. The number of aromatic hydroxyl groups is 1. The number of hydrogen-bond donors (Lipinski definition) is 1. The minimum atomic E-state index is -0.607. The number of hydrogen-bond acceptors (Lipinski definition) is 5. The van der Waals surface area contributed by atoms with E-state index in [4.69, 9.17) is 11.6 Å². The number of anilines is 1. The van der Waals surface area contributed by atoms with Gasteiger partial charge in [-0.25, -0.2) is 0 Å². The van der Waals surface area contributed by atoms with Gasteiger partial charge in [0.2, 0.25) is 5.75 Å². The van der Waals surface area contributed by atoms with Gasteiger partial charge in [-0.05, 0) is 56.0 Å². The van der Waals surface area contributed by atoms with Crippen LogP contribution in [0.2, 0.25) is 5.02 Å². The Balaban J connectivity index is 1.85. The molecule has 2 aromatic carbocycles. The fourth-order valence-electron chi connectivity index (χ4n) is 3.14. The van der Waals surface area contributed by atoms with Crippen molar-refractivity contribution in [2.24, 2.45) is 4.99 Å². The quantitative estimate of drug-likeness (QED) is 0.464. The lowest BCUT2D eigenvalue weighted by molar-refractivity contribution is -0.385. The fourth-order valence-corrected chi connectivity index (χ4v) is 3.43. The van der Waals surface area contributed by atoms with Gasteiger partial charge in [0.05, 0.1) is 21.3 Å². The van der Waals surface area contributed by atoms with Gasteiger partial charge in [0.1, 0.15) is 0 Å². The molecule has 1 fully saturated rings. The molecule has 1 saturated heterocycles. The predicted molar refractivity (Wildman–Crippen MR) is 104 cm³/mol. The third-order valence-corrected chi connectivity index (χ3v) is 4.74. The zero-order valence-electron chi connectivity index (χ0n) is 14.5. The van der Waals surface area contributed by atoms with Crippen LogP contribution in [0.3, 0.4) is 0 Å². The van der Waals surface area contributed by atoms with Crippen LogP contribution in [0.4, 0.5) is 17.1 Å². The number of benzene rings is 2. The SMILES string of the molecule is Cc1cc(C=Nc2ccc(N3CCCCC3)c(Cl)c2)c(O)c([N+](=O)[O-])c1. The number of nitrogens with zero attached hydrogens (tertiary/aromatic N) is 3. The second-order valence-corrected chi connectivity index (χ2v) is 6.83. The molecule has 1 aliphatic rings. The molecule has 2 aromatic rings. The van der Waals surface area contributed by atoms with E-state index in [0.717, 1.165) is 18.8 Å². The number of piperidine rings is 1. The van der Waals surface area contributed by atoms with Crippen molar-refractivity contribution in [3.8, 4) is 5.75 Å². The summed E-state index contributed by atoms with van der Waals surface area (Å²) in [6.45, 7) is 3.74. The second-order valence-electron chi connectivity index (χ2n) is 6.42. The number of phenols is 1. The topological polar surface area (TPSA) is 79.0 Å². The van der Waals surface area contributed by atoms with Gasteiger partial charge >= 0.3 is 5.69 Å². The second kappa shape index (κ2) is 7.74. The molecule has 136 valence electrons. The Labute approximate surface area is 156 Å². The maximum atomic E-state index is 11.0. The molecule has 0 bridgehead atoms. The number of halogens is 1. The maximum absolute atomic E-state index is 11.0. The van der Waals surface area contributed by atoms with Crippen molar-refractivity contribution < 1.29 is 10.0 Å². The highest BCUT2D eigenvalue weighted by atomic mass is 35.5. The maximum Gasteiger partial charge on any atom is 0.311 e. The standard InChI is InChI=1S/C19H20ClN3O3/c1-13-9-14(19(24)18(10-13)23(25)26)12-21-15-5-6-17(16(20)11-15)22-7-3-2-4-8-22/h5-6,9-12,24H,2-4,7-8H2,1H3. The highest BCUT2D eigenvalue weighted by Crippen LogP contribution is 2.33. The van der Waals surface area contributed by atoms with E-state index in [-0.39, 0.29) is 11.4 Å². The van der Waals surface area contributed by atoms with Crippen LogP contribution in [0.15, 0.2) is 35.3 Å². The van der Waals surface area contributed by atoms with Crippen LogP contribution in [0.25, 0.3) is 0 Å². The van der Waals surface area contributed by atoms with Crippen LogP contribution < -0.4 is 4.90 Å². The molecule has 7 heteroatoms. The monoisotopic (exact) mass is 373 g/mol. The van der Waals surface area contributed by atoms with Gasteiger partial charge in [0, 0.05) is 30.9 Å². The summed E-state index contributed by atoms with van der Waals surface area (Å²) in [6, 6.07) is 8.54. The molecular formula is C19H20ClN3O3. The summed E-state index contributed by atoms with van der Waals surface area (Å²) in [5, 5.41) is 21.7. The van der Waals surface area contributed by atoms with Gasteiger partial charge in [-0.2, -0.15) is 0 Å². The van der Waals surface area contributed by atoms with Gasteiger partial charge in [0.15, 0.2) is 0 Å². The third-order valence-electron chi connectivity index (χ3n) is 4.44. The fraction of sp³-hybridized carbons (Fsp3) is 0.316. The molecule has 0 atom stereocenters. The Morgan fingerprint density at radius 1 is 1.23 bits per heavy atom. The first-order valence-electron chi connectivity index (χ1n) is 8.52. The molecule has 3 rings (SSSR count). The molecule has 1 aliphatic heterocycles. The van der Waals surface area contributed by atoms with Gasteiger partial charge < -0.3 is 10.0 Å². The van der Waals surface area contributed by atoms with Crippen molar-refractivity contribution in [1.29, 1.82) is 0 Å². The number of aliphatic imine (C=N–C) groups is 1. The van der Waals surface area contributed by atoms with Crippen LogP contribution in [-0.2, 0) is 0 Å². The highest BCUT2D eigenvalue weighted by molar-refractivity contribution is 6.33. The zero-order chi connectivity index (χ0) is 18.7. The van der Waals surface area contributed by atoms with Crippen LogP contribution in [-0.4, -0.2) is 29.3 Å². The summed E-state index contributed by atoms with van der Waals surface area (Å²) in [6.07, 6.45) is 5.01. The number of nitro groups is 1. The number of nitro benzene ring substituents is 1. The van der Waals surface area contributed by atoms with Gasteiger partial charge in [-0.15, -0.1) is 0 Å². The largest absolute Gasteiger partial charge is 0.502 e. The van der Waals surface area contributed by atoms with E-state index < -0.39 is 4.92 Å². The van der Waals surface area contributed by atoms with E-state index in [0.29, 0.717) is 21.8 Å². The first-order valence-corrected chi connectivity index (χ1v) is 8.90. The smallest absolute Gasteiger partial charge is 0.311 e. The lowest BCUT2D eigenvalue weighted by Gasteiger charge is -2.29. The van der Waals surface area contributed by atoms with Crippen molar-refractivity contribution in [2.45, 2.75) is 26.2 Å². The zero-order valence-corrected chi connectivity index (χ0v) is 15.2. The van der Waals surface area contributed by atoms with Crippen molar-refractivity contribution in [3.63, 3.8) is 0 Å². The van der Waals surface area contributed by atoms with E-state index in [9.17, 15) is 15.2 Å². The van der Waals surface area contributed by atoms with Crippen molar-refractivity contribution >= 4 is 34.9 Å². The van der Waals surface area contributed by atoms with E-state index >= 15 is 0 Å². The van der Waals surface area contributed by atoms with Gasteiger partial charge in [-0.3, -0.25) is 15.1 Å². The number of rotatable bonds is 4. The van der Waals surface area contributed by atoms with Gasteiger partial charge in [-0.1, -0.05) is 11.6 Å². The average Bonchev–Trinajstić information content (AvgIpc) is 2.62.